The Morgan fingerprint density at radius 3 is 2.47 bits per heavy atom. The third-order valence-corrected chi connectivity index (χ3v) is 3.00. The molecule has 0 saturated heterocycles. The van der Waals surface area contributed by atoms with Crippen LogP contribution in [0.15, 0.2) is 11.1 Å². The van der Waals surface area contributed by atoms with Crippen molar-refractivity contribution < 1.29 is 18.0 Å². The van der Waals surface area contributed by atoms with Crippen LogP contribution in [0.25, 0.3) is 0 Å². The Kier molecular flexibility index (Phi) is 3.77. The van der Waals surface area contributed by atoms with Crippen molar-refractivity contribution in [2.75, 3.05) is 0 Å². The van der Waals surface area contributed by atoms with Gasteiger partial charge in [0.15, 0.2) is 0 Å². The zero-order valence-electron chi connectivity index (χ0n) is 7.70. The topological polar surface area (TPSA) is 55.1 Å². The third kappa shape index (κ3) is 2.94. The highest BCUT2D eigenvalue weighted by Gasteiger charge is 2.42. The molecule has 1 fully saturated rings. The van der Waals surface area contributed by atoms with E-state index >= 15 is 0 Å². The number of allylic oxidation sites excluding steroid dienone is 1. The molecule has 0 heterocycles. The van der Waals surface area contributed by atoms with Gasteiger partial charge in [-0.05, 0) is 19.3 Å². The van der Waals surface area contributed by atoms with E-state index in [4.69, 9.17) is 5.84 Å². The number of halogens is 4. The number of carbonyl (C=O) groups is 1. The predicted octanol–water partition coefficient (Wildman–Crippen LogP) is 1.78. The smallest absolute Gasteiger partial charge is 0.290 e. The highest BCUT2D eigenvalue weighted by molar-refractivity contribution is 9.09. The van der Waals surface area contributed by atoms with Crippen LogP contribution in [0.2, 0.25) is 0 Å². The average molecular weight is 287 g/mol. The van der Waals surface area contributed by atoms with E-state index in [1.807, 2.05) is 0 Å². The van der Waals surface area contributed by atoms with Crippen LogP contribution in [0.3, 0.4) is 0 Å². The molecule has 7 heteroatoms. The van der Waals surface area contributed by atoms with Crippen LogP contribution in [0.4, 0.5) is 13.2 Å². The molecule has 86 valence electrons. The van der Waals surface area contributed by atoms with Crippen LogP contribution >= 0.6 is 15.9 Å². The standard InChI is InChI=1S/C8H10BrF3N2O/c9-5-2-1-4(3-5)6(7(15)14-13)8(10,11)12/h5H,1-3,13H2,(H,14,15)/b6-4+. The van der Waals surface area contributed by atoms with Crippen molar-refractivity contribution in [1.29, 1.82) is 0 Å². The highest BCUT2D eigenvalue weighted by atomic mass is 79.9. The molecular weight excluding hydrogens is 277 g/mol. The van der Waals surface area contributed by atoms with E-state index in [-0.39, 0.29) is 23.2 Å². The zero-order chi connectivity index (χ0) is 11.6. The third-order valence-electron chi connectivity index (χ3n) is 2.22. The number of hydrogen-bond acceptors (Lipinski definition) is 2. The van der Waals surface area contributed by atoms with Gasteiger partial charge in [-0.15, -0.1) is 0 Å². The van der Waals surface area contributed by atoms with Gasteiger partial charge in [-0.3, -0.25) is 10.2 Å². The van der Waals surface area contributed by atoms with Crippen molar-refractivity contribution in [2.45, 2.75) is 30.3 Å². The number of hydrazine groups is 1. The summed E-state index contributed by atoms with van der Waals surface area (Å²) in [7, 11) is 0. The maximum Gasteiger partial charge on any atom is 0.421 e. The van der Waals surface area contributed by atoms with Crippen LogP contribution < -0.4 is 11.3 Å². The SMILES string of the molecule is NNC(=O)/C(=C1/CCC(Br)C1)C(F)(F)F. The van der Waals surface area contributed by atoms with E-state index in [2.05, 4.69) is 15.9 Å². The quantitative estimate of drug-likeness (QED) is 0.254. The Morgan fingerprint density at radius 2 is 2.13 bits per heavy atom. The van der Waals surface area contributed by atoms with Crippen molar-refractivity contribution in [3.8, 4) is 0 Å². The average Bonchev–Trinajstić information content (AvgIpc) is 2.49. The molecule has 0 aromatic heterocycles. The summed E-state index contributed by atoms with van der Waals surface area (Å²) in [6.07, 6.45) is -3.52. The first-order chi connectivity index (χ1) is 6.86. The first kappa shape index (κ1) is 12.5. The number of nitrogens with one attached hydrogen (secondary N) is 1. The van der Waals surface area contributed by atoms with E-state index in [1.165, 1.54) is 5.43 Å². The van der Waals surface area contributed by atoms with Gasteiger partial charge in [0.2, 0.25) is 0 Å². The minimum atomic E-state index is -4.64. The summed E-state index contributed by atoms with van der Waals surface area (Å²) < 4.78 is 37.6. The lowest BCUT2D eigenvalue weighted by atomic mass is 10.1. The molecule has 1 rings (SSSR count). The second-order valence-electron chi connectivity index (χ2n) is 3.29. The number of carbonyl (C=O) groups excluding carboxylic acids is 1. The largest absolute Gasteiger partial charge is 0.421 e. The Morgan fingerprint density at radius 1 is 1.53 bits per heavy atom. The van der Waals surface area contributed by atoms with Gasteiger partial charge < -0.3 is 0 Å². The lowest BCUT2D eigenvalue weighted by molar-refractivity contribution is -0.131. The molecule has 0 aromatic carbocycles. The molecule has 0 spiro atoms. The van der Waals surface area contributed by atoms with Crippen LogP contribution in [-0.2, 0) is 4.79 Å². The molecule has 0 aliphatic heterocycles. The number of alkyl halides is 4. The van der Waals surface area contributed by atoms with E-state index in [1.54, 1.807) is 0 Å². The van der Waals surface area contributed by atoms with Gasteiger partial charge in [-0.1, -0.05) is 21.5 Å². The molecule has 1 saturated carbocycles. The summed E-state index contributed by atoms with van der Waals surface area (Å²) in [6, 6.07) is 0. The van der Waals surface area contributed by atoms with Crippen molar-refractivity contribution >= 4 is 21.8 Å². The van der Waals surface area contributed by atoms with Crippen molar-refractivity contribution in [3.05, 3.63) is 11.1 Å². The number of amides is 1. The molecule has 0 bridgehead atoms. The van der Waals surface area contributed by atoms with Gasteiger partial charge >= 0.3 is 6.18 Å². The van der Waals surface area contributed by atoms with Crippen molar-refractivity contribution in [3.63, 3.8) is 0 Å². The summed E-state index contributed by atoms with van der Waals surface area (Å²) in [6.45, 7) is 0. The van der Waals surface area contributed by atoms with Crippen molar-refractivity contribution in [1.82, 2.24) is 5.43 Å². The lowest BCUT2D eigenvalue weighted by Crippen LogP contribution is -2.37. The van der Waals surface area contributed by atoms with Crippen LogP contribution in [-0.4, -0.2) is 16.9 Å². The summed E-state index contributed by atoms with van der Waals surface area (Å²) in [5.74, 6) is 3.46. The normalized spacial score (nSPS) is 25.3. The first-order valence-corrected chi connectivity index (χ1v) is 5.22. The summed E-state index contributed by atoms with van der Waals surface area (Å²) in [5, 5.41) is 0. The number of nitrogens with two attached hydrogens (primary N) is 1. The molecule has 1 atom stereocenters. The summed E-state index contributed by atoms with van der Waals surface area (Å²) >= 11 is 3.22. The summed E-state index contributed by atoms with van der Waals surface area (Å²) in [5.41, 5.74) is 0.503. The maximum atomic E-state index is 12.5. The molecule has 1 aliphatic carbocycles. The van der Waals surface area contributed by atoms with E-state index in [0.717, 1.165) is 0 Å². The Balaban J connectivity index is 3.06. The molecule has 3 nitrogen and oxygen atoms in total. The number of hydrogen-bond donors (Lipinski definition) is 2. The highest BCUT2D eigenvalue weighted by Crippen LogP contribution is 2.38. The van der Waals surface area contributed by atoms with Gasteiger partial charge in [0, 0.05) is 4.83 Å². The monoisotopic (exact) mass is 286 g/mol. The summed E-state index contributed by atoms with van der Waals surface area (Å²) in [4.78, 5) is 11.0. The second kappa shape index (κ2) is 4.52. The second-order valence-corrected chi connectivity index (χ2v) is 4.58. The van der Waals surface area contributed by atoms with Gasteiger partial charge in [0.25, 0.3) is 5.91 Å². The first-order valence-electron chi connectivity index (χ1n) is 4.30. The maximum absolute atomic E-state index is 12.5. The van der Waals surface area contributed by atoms with Crippen LogP contribution in [0.1, 0.15) is 19.3 Å². The molecule has 3 N–H and O–H groups in total. The predicted molar refractivity (Wildman–Crippen MR) is 52.0 cm³/mol. The molecule has 0 radical (unpaired) electrons. The Bertz CT molecular complexity index is 301. The zero-order valence-corrected chi connectivity index (χ0v) is 9.28. The van der Waals surface area contributed by atoms with E-state index in [0.29, 0.717) is 6.42 Å². The van der Waals surface area contributed by atoms with E-state index < -0.39 is 17.7 Å². The van der Waals surface area contributed by atoms with Crippen LogP contribution in [0, 0.1) is 0 Å². The Hall–Kier alpha value is -0.560. The molecule has 1 unspecified atom stereocenters. The fraction of sp³-hybridized carbons (Fsp3) is 0.625. The number of rotatable bonds is 1. The molecule has 1 amide bonds. The molecule has 15 heavy (non-hydrogen) atoms. The molecule has 0 aromatic rings. The fourth-order valence-corrected chi connectivity index (χ4v) is 2.21. The Labute approximate surface area is 93.0 Å². The fourth-order valence-electron chi connectivity index (χ4n) is 1.59. The molecule has 1 aliphatic rings. The van der Waals surface area contributed by atoms with Gasteiger partial charge in [-0.2, -0.15) is 13.2 Å². The minimum absolute atomic E-state index is 0.00965. The van der Waals surface area contributed by atoms with E-state index in [9.17, 15) is 18.0 Å². The lowest BCUT2D eigenvalue weighted by Gasteiger charge is -2.13. The minimum Gasteiger partial charge on any atom is -0.290 e. The molecular formula is C8H10BrF3N2O. The van der Waals surface area contributed by atoms with Gasteiger partial charge in [-0.25, -0.2) is 5.84 Å². The van der Waals surface area contributed by atoms with Gasteiger partial charge in [0.05, 0.1) is 0 Å². The van der Waals surface area contributed by atoms with Crippen molar-refractivity contribution in [2.24, 2.45) is 5.84 Å². The van der Waals surface area contributed by atoms with Gasteiger partial charge in [0.1, 0.15) is 5.57 Å². The van der Waals surface area contributed by atoms with Crippen LogP contribution in [0.5, 0.6) is 0 Å².